The van der Waals surface area contributed by atoms with E-state index in [1.807, 2.05) is 19.1 Å². The molecular formula is C13H21NO2. The molecule has 1 heterocycles. The van der Waals surface area contributed by atoms with Crippen LogP contribution in [0.15, 0.2) is 35.0 Å². The summed E-state index contributed by atoms with van der Waals surface area (Å²) in [5, 5.41) is 3.33. The molecule has 0 radical (unpaired) electrons. The van der Waals surface area contributed by atoms with Crippen molar-refractivity contribution in [1.29, 1.82) is 0 Å². The van der Waals surface area contributed by atoms with Crippen molar-refractivity contribution in [2.45, 2.75) is 26.3 Å². The van der Waals surface area contributed by atoms with Gasteiger partial charge in [-0.25, -0.2) is 0 Å². The summed E-state index contributed by atoms with van der Waals surface area (Å²) in [5.74, 6) is 0.960. The van der Waals surface area contributed by atoms with Crippen LogP contribution >= 0.6 is 0 Å². The number of rotatable bonds is 8. The van der Waals surface area contributed by atoms with Gasteiger partial charge in [0.25, 0.3) is 0 Å². The van der Waals surface area contributed by atoms with E-state index >= 15 is 0 Å². The van der Waals surface area contributed by atoms with E-state index < -0.39 is 0 Å². The Balaban J connectivity index is 2.01. The number of nitrogens with one attached hydrogen (secondary N) is 1. The standard InChI is InChI=1S/C13H21NO2/c1-11(2)6-9-15-10-7-14-12(3)13-5-4-8-16-13/h4-5,8,12,14H,1,6-7,9-10H2,2-3H3. The Morgan fingerprint density at radius 1 is 1.56 bits per heavy atom. The van der Waals surface area contributed by atoms with Crippen LogP contribution in [0.5, 0.6) is 0 Å². The maximum Gasteiger partial charge on any atom is 0.120 e. The first-order chi connectivity index (χ1) is 7.70. The molecule has 0 aliphatic heterocycles. The van der Waals surface area contributed by atoms with Gasteiger partial charge < -0.3 is 14.5 Å². The molecule has 0 spiro atoms. The van der Waals surface area contributed by atoms with E-state index in [9.17, 15) is 0 Å². The van der Waals surface area contributed by atoms with Crippen LogP contribution in [0.3, 0.4) is 0 Å². The highest BCUT2D eigenvalue weighted by molar-refractivity contribution is 5.02. The number of hydrogen-bond donors (Lipinski definition) is 1. The maximum atomic E-state index is 5.46. The second-order valence-corrected chi connectivity index (χ2v) is 4.01. The van der Waals surface area contributed by atoms with Crippen LogP contribution < -0.4 is 5.32 Å². The Morgan fingerprint density at radius 2 is 2.38 bits per heavy atom. The number of furan rings is 1. The van der Waals surface area contributed by atoms with Crippen molar-refractivity contribution in [2.75, 3.05) is 19.8 Å². The molecule has 0 aliphatic carbocycles. The average Bonchev–Trinajstić information content (AvgIpc) is 2.75. The van der Waals surface area contributed by atoms with Crippen LogP contribution in [0.1, 0.15) is 32.1 Å². The van der Waals surface area contributed by atoms with Gasteiger partial charge in [0.15, 0.2) is 0 Å². The van der Waals surface area contributed by atoms with E-state index in [4.69, 9.17) is 9.15 Å². The lowest BCUT2D eigenvalue weighted by Crippen LogP contribution is -2.23. The fourth-order valence-corrected chi connectivity index (χ4v) is 1.33. The van der Waals surface area contributed by atoms with Gasteiger partial charge in [0.05, 0.1) is 25.5 Å². The first-order valence-electron chi connectivity index (χ1n) is 5.69. The molecule has 1 unspecified atom stereocenters. The monoisotopic (exact) mass is 223 g/mol. The van der Waals surface area contributed by atoms with E-state index in [1.165, 1.54) is 0 Å². The Labute approximate surface area is 97.5 Å². The molecular weight excluding hydrogens is 202 g/mol. The molecule has 1 aromatic rings. The molecule has 0 saturated carbocycles. The molecule has 3 nitrogen and oxygen atoms in total. The highest BCUT2D eigenvalue weighted by Gasteiger charge is 2.05. The van der Waals surface area contributed by atoms with Crippen molar-refractivity contribution in [3.8, 4) is 0 Å². The minimum absolute atomic E-state index is 0.236. The summed E-state index contributed by atoms with van der Waals surface area (Å²) in [6.07, 6.45) is 2.63. The van der Waals surface area contributed by atoms with Gasteiger partial charge in [-0.1, -0.05) is 5.57 Å². The zero-order valence-corrected chi connectivity index (χ0v) is 10.2. The second kappa shape index (κ2) is 7.25. The highest BCUT2D eigenvalue weighted by atomic mass is 16.5. The molecule has 0 fully saturated rings. The molecule has 3 heteroatoms. The van der Waals surface area contributed by atoms with Gasteiger partial charge in [-0.3, -0.25) is 0 Å². The molecule has 16 heavy (non-hydrogen) atoms. The quantitative estimate of drug-likeness (QED) is 0.543. The number of hydrogen-bond acceptors (Lipinski definition) is 3. The summed E-state index contributed by atoms with van der Waals surface area (Å²) < 4.78 is 10.7. The molecule has 0 bridgehead atoms. The topological polar surface area (TPSA) is 34.4 Å². The van der Waals surface area contributed by atoms with Crippen LogP contribution in [0.4, 0.5) is 0 Å². The first-order valence-corrected chi connectivity index (χ1v) is 5.69. The highest BCUT2D eigenvalue weighted by Crippen LogP contribution is 2.11. The summed E-state index contributed by atoms with van der Waals surface area (Å²) >= 11 is 0. The van der Waals surface area contributed by atoms with Crippen LogP contribution in [0.2, 0.25) is 0 Å². The normalized spacial score (nSPS) is 12.6. The Hall–Kier alpha value is -1.06. The van der Waals surface area contributed by atoms with Crippen LogP contribution in [0, 0.1) is 0 Å². The third kappa shape index (κ3) is 5.14. The van der Waals surface area contributed by atoms with Crippen molar-refractivity contribution in [2.24, 2.45) is 0 Å². The van der Waals surface area contributed by atoms with Gasteiger partial charge in [0.1, 0.15) is 5.76 Å². The lowest BCUT2D eigenvalue weighted by molar-refractivity contribution is 0.136. The molecule has 1 rings (SSSR count). The molecule has 1 N–H and O–H groups in total. The predicted molar refractivity (Wildman–Crippen MR) is 65.4 cm³/mol. The fraction of sp³-hybridized carbons (Fsp3) is 0.538. The van der Waals surface area contributed by atoms with Gasteiger partial charge in [0, 0.05) is 6.54 Å². The summed E-state index contributed by atoms with van der Waals surface area (Å²) in [5.41, 5.74) is 1.16. The maximum absolute atomic E-state index is 5.46. The molecule has 1 aromatic heterocycles. The van der Waals surface area contributed by atoms with Gasteiger partial charge >= 0.3 is 0 Å². The Bertz CT molecular complexity index is 293. The summed E-state index contributed by atoms with van der Waals surface area (Å²) in [6.45, 7) is 10.2. The predicted octanol–water partition coefficient (Wildman–Crippen LogP) is 2.91. The van der Waals surface area contributed by atoms with Crippen LogP contribution in [-0.4, -0.2) is 19.8 Å². The molecule has 0 aliphatic rings. The summed E-state index contributed by atoms with van der Waals surface area (Å²) in [7, 11) is 0. The Morgan fingerprint density at radius 3 is 3.00 bits per heavy atom. The van der Waals surface area contributed by atoms with E-state index in [0.717, 1.165) is 37.5 Å². The lowest BCUT2D eigenvalue weighted by atomic mass is 10.2. The van der Waals surface area contributed by atoms with Gasteiger partial charge in [-0.05, 0) is 32.4 Å². The minimum atomic E-state index is 0.236. The smallest absolute Gasteiger partial charge is 0.120 e. The van der Waals surface area contributed by atoms with Crippen molar-refractivity contribution in [3.63, 3.8) is 0 Å². The Kier molecular flexibility index (Phi) is 5.90. The molecule has 90 valence electrons. The molecule has 0 aromatic carbocycles. The number of ether oxygens (including phenoxy) is 1. The molecule has 0 saturated heterocycles. The summed E-state index contributed by atoms with van der Waals surface area (Å²) in [6, 6.07) is 4.11. The zero-order valence-electron chi connectivity index (χ0n) is 10.2. The van der Waals surface area contributed by atoms with Crippen molar-refractivity contribution in [3.05, 3.63) is 36.3 Å². The first kappa shape index (κ1) is 13.0. The van der Waals surface area contributed by atoms with Gasteiger partial charge in [-0.15, -0.1) is 6.58 Å². The minimum Gasteiger partial charge on any atom is -0.468 e. The average molecular weight is 223 g/mol. The third-order valence-corrected chi connectivity index (χ3v) is 2.34. The van der Waals surface area contributed by atoms with Gasteiger partial charge in [-0.2, -0.15) is 0 Å². The van der Waals surface area contributed by atoms with Crippen molar-refractivity contribution >= 4 is 0 Å². The van der Waals surface area contributed by atoms with Crippen molar-refractivity contribution < 1.29 is 9.15 Å². The van der Waals surface area contributed by atoms with E-state index in [1.54, 1.807) is 6.26 Å². The lowest BCUT2D eigenvalue weighted by Gasteiger charge is -2.11. The van der Waals surface area contributed by atoms with E-state index in [-0.39, 0.29) is 6.04 Å². The SMILES string of the molecule is C=C(C)CCOCCNC(C)c1ccco1. The van der Waals surface area contributed by atoms with Crippen LogP contribution in [0.25, 0.3) is 0 Å². The third-order valence-electron chi connectivity index (χ3n) is 2.34. The fourth-order valence-electron chi connectivity index (χ4n) is 1.33. The van der Waals surface area contributed by atoms with E-state index in [0.29, 0.717) is 0 Å². The summed E-state index contributed by atoms with van der Waals surface area (Å²) in [4.78, 5) is 0. The van der Waals surface area contributed by atoms with Crippen molar-refractivity contribution in [1.82, 2.24) is 5.32 Å². The van der Waals surface area contributed by atoms with Crippen LogP contribution in [-0.2, 0) is 4.74 Å². The largest absolute Gasteiger partial charge is 0.468 e. The second-order valence-electron chi connectivity index (χ2n) is 4.01. The van der Waals surface area contributed by atoms with E-state index in [2.05, 4.69) is 18.8 Å². The zero-order chi connectivity index (χ0) is 11.8. The molecule has 0 amide bonds. The van der Waals surface area contributed by atoms with Gasteiger partial charge in [0.2, 0.25) is 0 Å². The molecule has 1 atom stereocenters.